The molecule has 0 spiro atoms. The van der Waals surface area contributed by atoms with E-state index in [4.69, 9.17) is 17.3 Å². The minimum Gasteiger partial charge on any atom is -0.330 e. The second-order valence-electron chi connectivity index (χ2n) is 3.14. The van der Waals surface area contributed by atoms with Crippen LogP contribution < -0.4 is 5.73 Å². The van der Waals surface area contributed by atoms with Crippen LogP contribution in [0.5, 0.6) is 0 Å². The second-order valence-corrected chi connectivity index (χ2v) is 3.58. The van der Waals surface area contributed by atoms with E-state index in [-0.39, 0.29) is 11.7 Å². The highest BCUT2D eigenvalue weighted by molar-refractivity contribution is 6.30. The highest BCUT2D eigenvalue weighted by atomic mass is 35.5. The average molecular weight is 202 g/mol. The third-order valence-corrected chi connectivity index (χ3v) is 2.33. The topological polar surface area (TPSA) is 26.0 Å². The minimum atomic E-state index is -0.242. The Morgan fingerprint density at radius 2 is 2.23 bits per heavy atom. The third kappa shape index (κ3) is 2.68. The Morgan fingerprint density at radius 1 is 1.54 bits per heavy atom. The van der Waals surface area contributed by atoms with Crippen molar-refractivity contribution < 1.29 is 4.39 Å². The molecular formula is C10H13ClFN. The van der Waals surface area contributed by atoms with Gasteiger partial charge in [-0.15, -0.1) is 0 Å². The van der Waals surface area contributed by atoms with Gasteiger partial charge < -0.3 is 5.73 Å². The molecule has 1 unspecified atom stereocenters. The van der Waals surface area contributed by atoms with Gasteiger partial charge >= 0.3 is 0 Å². The molecule has 0 aromatic heterocycles. The highest BCUT2D eigenvalue weighted by Gasteiger charge is 2.09. The molecule has 0 saturated heterocycles. The smallest absolute Gasteiger partial charge is 0.128 e. The number of hydrogen-bond acceptors (Lipinski definition) is 1. The van der Waals surface area contributed by atoms with Crippen LogP contribution in [-0.2, 0) is 0 Å². The maximum absolute atomic E-state index is 13.3. The number of hydrogen-bond donors (Lipinski definition) is 1. The summed E-state index contributed by atoms with van der Waals surface area (Å²) in [6, 6.07) is 4.76. The fourth-order valence-corrected chi connectivity index (χ4v) is 1.47. The molecule has 1 aromatic carbocycles. The van der Waals surface area contributed by atoms with Crippen molar-refractivity contribution in [3.8, 4) is 0 Å². The van der Waals surface area contributed by atoms with Gasteiger partial charge in [-0.3, -0.25) is 0 Å². The lowest BCUT2D eigenvalue weighted by molar-refractivity contribution is 0.577. The first-order valence-electron chi connectivity index (χ1n) is 4.30. The van der Waals surface area contributed by atoms with E-state index in [9.17, 15) is 4.39 Å². The van der Waals surface area contributed by atoms with Gasteiger partial charge in [0.1, 0.15) is 5.82 Å². The van der Waals surface area contributed by atoms with Gasteiger partial charge in [0.2, 0.25) is 0 Å². The highest BCUT2D eigenvalue weighted by Crippen LogP contribution is 2.23. The van der Waals surface area contributed by atoms with Gasteiger partial charge in [-0.25, -0.2) is 4.39 Å². The van der Waals surface area contributed by atoms with Crippen molar-refractivity contribution in [2.24, 2.45) is 5.73 Å². The summed E-state index contributed by atoms with van der Waals surface area (Å²) in [4.78, 5) is 0. The largest absolute Gasteiger partial charge is 0.330 e. The Balaban J connectivity index is 2.88. The van der Waals surface area contributed by atoms with Crippen molar-refractivity contribution in [2.75, 3.05) is 6.54 Å². The van der Waals surface area contributed by atoms with Crippen LogP contribution in [0.2, 0.25) is 5.02 Å². The fraction of sp³-hybridized carbons (Fsp3) is 0.400. The van der Waals surface area contributed by atoms with Crippen LogP contribution in [0.3, 0.4) is 0 Å². The summed E-state index contributed by atoms with van der Waals surface area (Å²) in [6.07, 6.45) is 0.790. The van der Waals surface area contributed by atoms with E-state index in [1.807, 2.05) is 6.92 Å². The molecule has 1 nitrogen and oxygen atoms in total. The fourth-order valence-electron chi connectivity index (χ4n) is 1.31. The average Bonchev–Trinajstić information content (AvgIpc) is 2.04. The lowest BCUT2D eigenvalue weighted by Crippen LogP contribution is -2.05. The number of benzene rings is 1. The molecule has 1 rings (SSSR count). The molecular weight excluding hydrogens is 189 g/mol. The van der Waals surface area contributed by atoms with Gasteiger partial charge in [-0.1, -0.05) is 24.6 Å². The molecule has 0 bridgehead atoms. The van der Waals surface area contributed by atoms with Gasteiger partial charge in [0.05, 0.1) is 0 Å². The van der Waals surface area contributed by atoms with Crippen LogP contribution >= 0.6 is 11.6 Å². The summed E-state index contributed by atoms with van der Waals surface area (Å²) in [5, 5.41) is 0.432. The zero-order chi connectivity index (χ0) is 9.84. The molecule has 0 fully saturated rings. The van der Waals surface area contributed by atoms with Crippen molar-refractivity contribution in [1.29, 1.82) is 0 Å². The normalized spacial score (nSPS) is 12.9. The Hall–Kier alpha value is -0.600. The van der Waals surface area contributed by atoms with Crippen molar-refractivity contribution in [3.05, 3.63) is 34.6 Å². The first-order chi connectivity index (χ1) is 6.15. The molecule has 3 heteroatoms. The van der Waals surface area contributed by atoms with Crippen LogP contribution in [0, 0.1) is 5.82 Å². The molecule has 13 heavy (non-hydrogen) atoms. The summed E-state index contributed by atoms with van der Waals surface area (Å²) >= 11 is 5.63. The van der Waals surface area contributed by atoms with Gasteiger partial charge in [0.15, 0.2) is 0 Å². The molecule has 0 radical (unpaired) electrons. The summed E-state index contributed by atoms with van der Waals surface area (Å²) in [5.41, 5.74) is 6.09. The Bertz CT molecular complexity index is 288. The van der Waals surface area contributed by atoms with E-state index >= 15 is 0 Å². The maximum atomic E-state index is 13.3. The van der Waals surface area contributed by atoms with E-state index in [0.717, 1.165) is 6.42 Å². The lowest BCUT2D eigenvalue weighted by atomic mass is 9.97. The molecule has 0 heterocycles. The predicted molar refractivity (Wildman–Crippen MR) is 53.5 cm³/mol. The summed E-state index contributed by atoms with van der Waals surface area (Å²) in [7, 11) is 0. The number of halogens is 2. The zero-order valence-corrected chi connectivity index (χ0v) is 8.31. The Kier molecular flexibility index (Phi) is 3.70. The molecule has 0 aliphatic heterocycles. The molecule has 1 aromatic rings. The molecule has 72 valence electrons. The van der Waals surface area contributed by atoms with E-state index in [1.165, 1.54) is 6.07 Å². The van der Waals surface area contributed by atoms with Crippen LogP contribution in [0.4, 0.5) is 4.39 Å². The number of nitrogens with two attached hydrogens (primary N) is 1. The van der Waals surface area contributed by atoms with Gasteiger partial charge in [-0.2, -0.15) is 0 Å². The monoisotopic (exact) mass is 201 g/mol. The van der Waals surface area contributed by atoms with Crippen molar-refractivity contribution in [1.82, 2.24) is 0 Å². The third-order valence-electron chi connectivity index (χ3n) is 2.09. The predicted octanol–water partition coefficient (Wildman–Crippen LogP) is 2.93. The summed E-state index contributed by atoms with van der Waals surface area (Å²) < 4.78 is 13.3. The SMILES string of the molecule is CC(CCN)c1ccc(Cl)cc1F. The van der Waals surface area contributed by atoms with Crippen molar-refractivity contribution >= 4 is 11.6 Å². The molecule has 0 amide bonds. The van der Waals surface area contributed by atoms with E-state index in [0.29, 0.717) is 17.1 Å². The molecule has 0 aliphatic carbocycles. The molecule has 1 atom stereocenters. The molecule has 2 N–H and O–H groups in total. The quantitative estimate of drug-likeness (QED) is 0.800. The van der Waals surface area contributed by atoms with Gasteiger partial charge in [-0.05, 0) is 36.6 Å². The molecule has 0 aliphatic rings. The van der Waals surface area contributed by atoms with Crippen LogP contribution in [0.25, 0.3) is 0 Å². The van der Waals surface area contributed by atoms with Gasteiger partial charge in [0, 0.05) is 5.02 Å². The molecule has 0 saturated carbocycles. The van der Waals surface area contributed by atoms with E-state index < -0.39 is 0 Å². The van der Waals surface area contributed by atoms with Crippen LogP contribution in [0.1, 0.15) is 24.8 Å². The Labute approximate surface area is 82.7 Å². The van der Waals surface area contributed by atoms with Crippen LogP contribution in [0.15, 0.2) is 18.2 Å². The van der Waals surface area contributed by atoms with E-state index in [1.54, 1.807) is 12.1 Å². The second kappa shape index (κ2) is 4.58. The lowest BCUT2D eigenvalue weighted by Gasteiger charge is -2.11. The standard InChI is InChI=1S/C10H13ClFN/c1-7(4-5-13)9-3-2-8(11)6-10(9)12/h2-3,6-7H,4-5,13H2,1H3. The summed E-state index contributed by atoms with van der Waals surface area (Å²) in [6.45, 7) is 2.53. The Morgan fingerprint density at radius 3 is 2.77 bits per heavy atom. The van der Waals surface area contributed by atoms with Gasteiger partial charge in [0.25, 0.3) is 0 Å². The zero-order valence-electron chi connectivity index (χ0n) is 7.56. The maximum Gasteiger partial charge on any atom is 0.128 e. The minimum absolute atomic E-state index is 0.155. The van der Waals surface area contributed by atoms with E-state index in [2.05, 4.69) is 0 Å². The summed E-state index contributed by atoms with van der Waals surface area (Å²) in [5.74, 6) is -0.0873. The number of rotatable bonds is 3. The van der Waals surface area contributed by atoms with Crippen LogP contribution in [-0.4, -0.2) is 6.54 Å². The van der Waals surface area contributed by atoms with Crippen molar-refractivity contribution in [2.45, 2.75) is 19.3 Å². The first-order valence-corrected chi connectivity index (χ1v) is 4.68. The first kappa shape index (κ1) is 10.5. The van der Waals surface area contributed by atoms with Crippen molar-refractivity contribution in [3.63, 3.8) is 0 Å².